The van der Waals surface area contributed by atoms with E-state index in [1.54, 1.807) is 0 Å². The van der Waals surface area contributed by atoms with Crippen LogP contribution in [0, 0.1) is 5.92 Å². The maximum atomic E-state index is 5.90. The van der Waals surface area contributed by atoms with Gasteiger partial charge in [-0.25, -0.2) is 0 Å². The van der Waals surface area contributed by atoms with E-state index in [9.17, 15) is 0 Å². The van der Waals surface area contributed by atoms with E-state index in [2.05, 4.69) is 59.9 Å². The summed E-state index contributed by atoms with van der Waals surface area (Å²) in [5.41, 5.74) is 1.22. The van der Waals surface area contributed by atoms with Gasteiger partial charge < -0.3 is 4.74 Å². The molecule has 2 atom stereocenters. The Morgan fingerprint density at radius 1 is 1.38 bits per heavy atom. The number of benzene rings is 1. The Hall–Kier alpha value is -0.380. The molecule has 0 radical (unpaired) electrons. The van der Waals surface area contributed by atoms with Gasteiger partial charge in [-0.05, 0) is 19.0 Å². The second-order valence-corrected chi connectivity index (χ2v) is 5.54. The van der Waals surface area contributed by atoms with Gasteiger partial charge >= 0.3 is 0 Å². The van der Waals surface area contributed by atoms with Gasteiger partial charge in [0.15, 0.2) is 0 Å². The first-order valence-corrected chi connectivity index (χ1v) is 6.48. The van der Waals surface area contributed by atoms with Crippen molar-refractivity contribution in [2.45, 2.75) is 26.1 Å². The van der Waals surface area contributed by atoms with Gasteiger partial charge in [-0.3, -0.25) is 4.90 Å². The first-order chi connectivity index (χ1) is 7.61. The van der Waals surface area contributed by atoms with Crippen LogP contribution < -0.4 is 0 Å². The van der Waals surface area contributed by atoms with Crippen molar-refractivity contribution in [2.75, 3.05) is 13.7 Å². The summed E-state index contributed by atoms with van der Waals surface area (Å²) < 4.78 is 7.02. The quantitative estimate of drug-likeness (QED) is 0.825. The Balaban J connectivity index is 2.22. The van der Waals surface area contributed by atoms with E-state index in [4.69, 9.17) is 4.74 Å². The zero-order chi connectivity index (χ0) is 11.7. The zero-order valence-electron chi connectivity index (χ0n) is 9.98. The van der Waals surface area contributed by atoms with Crippen molar-refractivity contribution < 1.29 is 4.74 Å². The van der Waals surface area contributed by atoms with Gasteiger partial charge in [0.1, 0.15) is 6.23 Å². The maximum absolute atomic E-state index is 5.90. The van der Waals surface area contributed by atoms with Gasteiger partial charge in [-0.1, -0.05) is 48.0 Å². The van der Waals surface area contributed by atoms with Gasteiger partial charge in [0, 0.05) is 16.1 Å². The number of likely N-dealkylation sites (N-methyl/N-ethyl adjacent to an activating group) is 1. The van der Waals surface area contributed by atoms with Gasteiger partial charge in [-0.15, -0.1) is 0 Å². The van der Waals surface area contributed by atoms with E-state index in [0.717, 1.165) is 11.1 Å². The molecule has 0 amide bonds. The molecule has 1 heterocycles. The summed E-state index contributed by atoms with van der Waals surface area (Å²) in [6, 6.07) is 8.78. The van der Waals surface area contributed by atoms with E-state index >= 15 is 0 Å². The minimum Gasteiger partial charge on any atom is -0.357 e. The van der Waals surface area contributed by atoms with Crippen molar-refractivity contribution in [3.63, 3.8) is 0 Å². The first kappa shape index (κ1) is 12.1. The standard InChI is InChI=1S/C13H18BrNO/c1-9(2)12-8-16-13(15(12)3)10-6-4-5-7-11(10)14/h4-7,9,12-13H,8H2,1-3H3/t12-,13+/m1/s1. The molecule has 1 aromatic carbocycles. The summed E-state index contributed by atoms with van der Waals surface area (Å²) >= 11 is 3.58. The van der Waals surface area contributed by atoms with Crippen LogP contribution in [-0.2, 0) is 4.74 Å². The summed E-state index contributed by atoms with van der Waals surface area (Å²) in [4.78, 5) is 2.32. The smallest absolute Gasteiger partial charge is 0.138 e. The minimum absolute atomic E-state index is 0.0861. The van der Waals surface area contributed by atoms with Crippen molar-refractivity contribution in [1.82, 2.24) is 4.90 Å². The predicted molar refractivity (Wildman–Crippen MR) is 69.2 cm³/mol. The topological polar surface area (TPSA) is 12.5 Å². The highest BCUT2D eigenvalue weighted by atomic mass is 79.9. The van der Waals surface area contributed by atoms with E-state index in [0.29, 0.717) is 12.0 Å². The molecule has 1 saturated heterocycles. The second kappa shape index (κ2) is 4.86. The molecule has 0 unspecified atom stereocenters. The lowest BCUT2D eigenvalue weighted by atomic mass is 10.0. The van der Waals surface area contributed by atoms with Crippen molar-refractivity contribution in [1.29, 1.82) is 0 Å². The highest BCUT2D eigenvalue weighted by Gasteiger charge is 2.34. The SMILES string of the molecule is CC(C)[C@H]1CO[C@@H](c2ccccc2Br)N1C. The second-order valence-electron chi connectivity index (χ2n) is 4.68. The summed E-state index contributed by atoms with van der Waals surface area (Å²) in [6.45, 7) is 5.31. The third-order valence-corrected chi connectivity index (χ3v) is 3.98. The molecule has 88 valence electrons. The normalized spacial score (nSPS) is 26.6. The molecule has 0 saturated carbocycles. The minimum atomic E-state index is 0.0861. The molecule has 0 bridgehead atoms. The van der Waals surface area contributed by atoms with E-state index in [-0.39, 0.29) is 6.23 Å². The molecule has 3 heteroatoms. The van der Waals surface area contributed by atoms with Gasteiger partial charge in [-0.2, -0.15) is 0 Å². The number of nitrogens with zero attached hydrogens (tertiary/aromatic N) is 1. The van der Waals surface area contributed by atoms with Crippen LogP contribution in [-0.4, -0.2) is 24.6 Å². The number of ether oxygens (including phenoxy) is 1. The summed E-state index contributed by atoms with van der Waals surface area (Å²) in [5, 5.41) is 0. The lowest BCUT2D eigenvalue weighted by Gasteiger charge is -2.26. The fourth-order valence-corrected chi connectivity index (χ4v) is 2.73. The van der Waals surface area contributed by atoms with E-state index in [1.165, 1.54) is 5.56 Å². The Kier molecular flexibility index (Phi) is 3.67. The van der Waals surface area contributed by atoms with Gasteiger partial charge in [0.05, 0.1) is 6.61 Å². The van der Waals surface area contributed by atoms with Crippen LogP contribution in [0.3, 0.4) is 0 Å². The van der Waals surface area contributed by atoms with Crippen molar-refractivity contribution in [3.8, 4) is 0 Å². The number of halogens is 1. The first-order valence-electron chi connectivity index (χ1n) is 5.69. The van der Waals surface area contributed by atoms with Crippen LogP contribution in [0.2, 0.25) is 0 Å². The Morgan fingerprint density at radius 3 is 2.62 bits per heavy atom. The van der Waals surface area contributed by atoms with Crippen molar-refractivity contribution >= 4 is 15.9 Å². The Bertz CT molecular complexity index is 367. The molecule has 1 aliphatic rings. The highest BCUT2D eigenvalue weighted by molar-refractivity contribution is 9.10. The third kappa shape index (κ3) is 2.17. The molecule has 2 nitrogen and oxygen atoms in total. The molecule has 1 aliphatic heterocycles. The molecular weight excluding hydrogens is 266 g/mol. The number of hydrogen-bond acceptors (Lipinski definition) is 2. The summed E-state index contributed by atoms with van der Waals surface area (Å²) in [5.74, 6) is 0.623. The van der Waals surface area contributed by atoms with Crippen molar-refractivity contribution in [2.24, 2.45) is 5.92 Å². The van der Waals surface area contributed by atoms with Crippen LogP contribution in [0.25, 0.3) is 0 Å². The van der Waals surface area contributed by atoms with E-state index < -0.39 is 0 Å². The lowest BCUT2D eigenvalue weighted by molar-refractivity contribution is 0.0415. The van der Waals surface area contributed by atoms with Gasteiger partial charge in [0.2, 0.25) is 0 Å². The molecule has 1 aromatic rings. The average Bonchev–Trinajstić information content (AvgIpc) is 2.61. The molecule has 2 rings (SSSR count). The zero-order valence-corrected chi connectivity index (χ0v) is 11.6. The summed E-state index contributed by atoms with van der Waals surface area (Å²) in [6.07, 6.45) is 0.0861. The fraction of sp³-hybridized carbons (Fsp3) is 0.538. The number of rotatable bonds is 2. The molecule has 0 N–H and O–H groups in total. The molecule has 0 aliphatic carbocycles. The molecule has 0 aromatic heterocycles. The fourth-order valence-electron chi connectivity index (χ4n) is 2.25. The summed E-state index contributed by atoms with van der Waals surface area (Å²) in [7, 11) is 2.14. The van der Waals surface area contributed by atoms with Crippen molar-refractivity contribution in [3.05, 3.63) is 34.3 Å². The molecule has 16 heavy (non-hydrogen) atoms. The van der Waals surface area contributed by atoms with Crippen LogP contribution in [0.4, 0.5) is 0 Å². The predicted octanol–water partition coefficient (Wildman–Crippen LogP) is 3.43. The molecule has 0 spiro atoms. The molecular formula is C13H18BrNO. The lowest BCUT2D eigenvalue weighted by Crippen LogP contribution is -2.33. The van der Waals surface area contributed by atoms with Crippen LogP contribution in [0.1, 0.15) is 25.6 Å². The highest BCUT2D eigenvalue weighted by Crippen LogP contribution is 2.35. The Labute approximate surface area is 106 Å². The Morgan fingerprint density at radius 2 is 2.06 bits per heavy atom. The third-order valence-electron chi connectivity index (χ3n) is 3.26. The van der Waals surface area contributed by atoms with Crippen LogP contribution in [0.5, 0.6) is 0 Å². The monoisotopic (exact) mass is 283 g/mol. The average molecular weight is 284 g/mol. The maximum Gasteiger partial charge on any atom is 0.138 e. The number of hydrogen-bond donors (Lipinski definition) is 0. The largest absolute Gasteiger partial charge is 0.357 e. The molecule has 1 fully saturated rings. The van der Waals surface area contributed by atoms with Gasteiger partial charge in [0.25, 0.3) is 0 Å². The van der Waals surface area contributed by atoms with Crippen LogP contribution >= 0.6 is 15.9 Å². The van der Waals surface area contributed by atoms with Crippen LogP contribution in [0.15, 0.2) is 28.7 Å². The van der Waals surface area contributed by atoms with E-state index in [1.807, 2.05) is 6.07 Å².